The lowest BCUT2D eigenvalue weighted by atomic mass is 10.1. The molecule has 2 saturated heterocycles. The molecule has 2 heterocycles. The van der Waals surface area contributed by atoms with Crippen LogP contribution < -0.4 is 15.1 Å². The lowest BCUT2D eigenvalue weighted by Crippen LogP contribution is -2.24. The minimum absolute atomic E-state index is 0.0969. The summed E-state index contributed by atoms with van der Waals surface area (Å²) < 4.78 is 0. The maximum Gasteiger partial charge on any atom is 0.255 e. The molecular formula is C21H21N3O3. The van der Waals surface area contributed by atoms with Crippen LogP contribution in [0, 0.1) is 0 Å². The Kier molecular flexibility index (Phi) is 4.62. The van der Waals surface area contributed by atoms with Crippen LogP contribution in [0.2, 0.25) is 0 Å². The zero-order valence-corrected chi connectivity index (χ0v) is 15.0. The summed E-state index contributed by atoms with van der Waals surface area (Å²) in [6, 6.07) is 14.4. The summed E-state index contributed by atoms with van der Waals surface area (Å²) in [6.45, 7) is 1.44. The van der Waals surface area contributed by atoms with E-state index in [9.17, 15) is 14.4 Å². The molecule has 4 rings (SSSR count). The van der Waals surface area contributed by atoms with Crippen LogP contribution in [0.3, 0.4) is 0 Å². The molecule has 2 aromatic carbocycles. The lowest BCUT2D eigenvalue weighted by Gasteiger charge is -2.17. The fourth-order valence-corrected chi connectivity index (χ4v) is 3.59. The van der Waals surface area contributed by atoms with Gasteiger partial charge in [0, 0.05) is 48.6 Å². The summed E-state index contributed by atoms with van der Waals surface area (Å²) in [5.74, 6) is 0.00756. The van der Waals surface area contributed by atoms with Gasteiger partial charge in [0.1, 0.15) is 0 Å². The Balaban J connectivity index is 1.46. The van der Waals surface area contributed by atoms with E-state index in [1.807, 2.05) is 18.2 Å². The van der Waals surface area contributed by atoms with E-state index in [-0.39, 0.29) is 17.7 Å². The van der Waals surface area contributed by atoms with Gasteiger partial charge in [0.05, 0.1) is 0 Å². The molecule has 0 radical (unpaired) electrons. The highest BCUT2D eigenvalue weighted by molar-refractivity contribution is 6.06. The fraction of sp³-hybridized carbons (Fsp3) is 0.286. The van der Waals surface area contributed by atoms with Crippen molar-refractivity contribution in [1.82, 2.24) is 0 Å². The van der Waals surface area contributed by atoms with E-state index in [4.69, 9.17) is 0 Å². The normalized spacial score (nSPS) is 16.9. The number of nitrogens with one attached hydrogen (secondary N) is 1. The number of benzene rings is 2. The number of hydrogen-bond donors (Lipinski definition) is 1. The van der Waals surface area contributed by atoms with Crippen molar-refractivity contribution in [2.24, 2.45) is 0 Å². The predicted octanol–water partition coefficient (Wildman–Crippen LogP) is 3.19. The molecule has 0 aromatic heterocycles. The second-order valence-electron chi connectivity index (χ2n) is 6.85. The summed E-state index contributed by atoms with van der Waals surface area (Å²) in [5.41, 5.74) is 2.78. The third kappa shape index (κ3) is 3.56. The molecule has 1 N–H and O–H groups in total. The second kappa shape index (κ2) is 7.23. The zero-order chi connectivity index (χ0) is 18.8. The van der Waals surface area contributed by atoms with Crippen LogP contribution in [-0.4, -0.2) is 30.8 Å². The SMILES string of the molecule is O=C(Nc1ccc(N2CCCC2=O)cc1)c1cccc(N2CCCC2=O)c1. The van der Waals surface area contributed by atoms with E-state index in [1.165, 1.54) is 0 Å². The molecule has 6 heteroatoms. The Bertz CT molecular complexity index is 892. The summed E-state index contributed by atoms with van der Waals surface area (Å²) >= 11 is 0. The monoisotopic (exact) mass is 363 g/mol. The highest BCUT2D eigenvalue weighted by Crippen LogP contribution is 2.25. The first kappa shape index (κ1) is 17.3. The van der Waals surface area contributed by atoms with Crippen LogP contribution in [0.5, 0.6) is 0 Å². The molecule has 0 bridgehead atoms. The van der Waals surface area contributed by atoms with Gasteiger partial charge >= 0.3 is 0 Å². The summed E-state index contributed by atoms with van der Waals surface area (Å²) in [7, 11) is 0. The highest BCUT2D eigenvalue weighted by Gasteiger charge is 2.23. The van der Waals surface area contributed by atoms with Crippen molar-refractivity contribution in [2.45, 2.75) is 25.7 Å². The topological polar surface area (TPSA) is 69.7 Å². The number of rotatable bonds is 4. The Morgan fingerprint density at radius 3 is 2.04 bits per heavy atom. The van der Waals surface area contributed by atoms with Crippen LogP contribution in [0.4, 0.5) is 17.1 Å². The van der Waals surface area contributed by atoms with E-state index < -0.39 is 0 Å². The van der Waals surface area contributed by atoms with Crippen LogP contribution >= 0.6 is 0 Å². The van der Waals surface area contributed by atoms with Crippen molar-refractivity contribution in [3.05, 3.63) is 54.1 Å². The number of anilines is 3. The Morgan fingerprint density at radius 2 is 1.44 bits per heavy atom. The average Bonchev–Trinajstić information content (AvgIpc) is 3.30. The van der Waals surface area contributed by atoms with E-state index in [2.05, 4.69) is 5.32 Å². The summed E-state index contributed by atoms with van der Waals surface area (Å²) in [4.78, 5) is 39.8. The van der Waals surface area contributed by atoms with E-state index >= 15 is 0 Å². The molecule has 2 aliphatic rings. The first-order chi connectivity index (χ1) is 13.1. The molecular weight excluding hydrogens is 342 g/mol. The second-order valence-corrected chi connectivity index (χ2v) is 6.85. The molecule has 2 fully saturated rings. The molecule has 0 saturated carbocycles. The number of nitrogens with zero attached hydrogens (tertiary/aromatic N) is 2. The molecule has 0 atom stereocenters. The minimum Gasteiger partial charge on any atom is -0.322 e. The van der Waals surface area contributed by atoms with Crippen LogP contribution in [0.15, 0.2) is 48.5 Å². The largest absolute Gasteiger partial charge is 0.322 e. The van der Waals surface area contributed by atoms with E-state index in [0.717, 1.165) is 30.8 Å². The Hall–Kier alpha value is -3.15. The van der Waals surface area contributed by atoms with Gasteiger partial charge in [0.25, 0.3) is 5.91 Å². The van der Waals surface area contributed by atoms with Crippen LogP contribution in [-0.2, 0) is 9.59 Å². The highest BCUT2D eigenvalue weighted by atomic mass is 16.2. The zero-order valence-electron chi connectivity index (χ0n) is 15.0. The van der Waals surface area contributed by atoms with Gasteiger partial charge < -0.3 is 15.1 Å². The van der Waals surface area contributed by atoms with E-state index in [1.54, 1.807) is 40.1 Å². The first-order valence-electron chi connectivity index (χ1n) is 9.24. The van der Waals surface area contributed by atoms with Gasteiger partial charge in [0.2, 0.25) is 11.8 Å². The number of amides is 3. The average molecular weight is 363 g/mol. The molecule has 0 spiro atoms. The van der Waals surface area contributed by atoms with Gasteiger partial charge in [0.15, 0.2) is 0 Å². The van der Waals surface area contributed by atoms with Crippen LogP contribution in [0.25, 0.3) is 0 Å². The minimum atomic E-state index is -0.228. The van der Waals surface area contributed by atoms with Crippen molar-refractivity contribution < 1.29 is 14.4 Å². The predicted molar refractivity (Wildman–Crippen MR) is 104 cm³/mol. The number of carbonyl (C=O) groups is 3. The third-order valence-electron chi connectivity index (χ3n) is 5.00. The molecule has 3 amide bonds. The first-order valence-corrected chi connectivity index (χ1v) is 9.24. The van der Waals surface area contributed by atoms with Crippen molar-refractivity contribution in [3.8, 4) is 0 Å². The smallest absolute Gasteiger partial charge is 0.255 e. The van der Waals surface area contributed by atoms with Crippen molar-refractivity contribution in [1.29, 1.82) is 0 Å². The third-order valence-corrected chi connectivity index (χ3v) is 5.00. The van der Waals surface area contributed by atoms with Gasteiger partial charge in [-0.3, -0.25) is 14.4 Å². The quantitative estimate of drug-likeness (QED) is 0.907. The van der Waals surface area contributed by atoms with Gasteiger partial charge in [-0.25, -0.2) is 0 Å². The van der Waals surface area contributed by atoms with Gasteiger partial charge in [-0.15, -0.1) is 0 Å². The molecule has 138 valence electrons. The summed E-state index contributed by atoms with van der Waals surface area (Å²) in [6.07, 6.45) is 2.88. The van der Waals surface area contributed by atoms with Crippen molar-refractivity contribution in [3.63, 3.8) is 0 Å². The molecule has 27 heavy (non-hydrogen) atoms. The fourth-order valence-electron chi connectivity index (χ4n) is 3.59. The molecule has 0 aliphatic carbocycles. The maximum atomic E-state index is 12.6. The molecule has 6 nitrogen and oxygen atoms in total. The molecule has 2 aliphatic heterocycles. The van der Waals surface area contributed by atoms with Gasteiger partial charge in [-0.1, -0.05) is 6.07 Å². The Labute approximate surface area is 157 Å². The Morgan fingerprint density at radius 1 is 0.815 bits per heavy atom. The lowest BCUT2D eigenvalue weighted by molar-refractivity contribution is -0.117. The molecule has 0 unspecified atom stereocenters. The maximum absolute atomic E-state index is 12.6. The van der Waals surface area contributed by atoms with Gasteiger partial charge in [-0.05, 0) is 55.3 Å². The van der Waals surface area contributed by atoms with Crippen molar-refractivity contribution in [2.75, 3.05) is 28.2 Å². The standard InChI is InChI=1S/C21H21N3O3/c25-19-6-2-12-23(19)17-10-8-16(9-11-17)22-21(27)15-4-1-5-18(14-15)24-13-3-7-20(24)26/h1,4-5,8-11,14H,2-3,6-7,12-13H2,(H,22,27). The van der Waals surface area contributed by atoms with Crippen molar-refractivity contribution >= 4 is 34.8 Å². The van der Waals surface area contributed by atoms with Crippen LogP contribution in [0.1, 0.15) is 36.0 Å². The van der Waals surface area contributed by atoms with E-state index in [0.29, 0.717) is 30.6 Å². The molecule has 2 aromatic rings. The van der Waals surface area contributed by atoms with Gasteiger partial charge in [-0.2, -0.15) is 0 Å². The number of hydrogen-bond acceptors (Lipinski definition) is 3. The summed E-state index contributed by atoms with van der Waals surface area (Å²) in [5, 5.41) is 2.87. The number of carbonyl (C=O) groups excluding carboxylic acids is 3.